The van der Waals surface area contributed by atoms with E-state index >= 15 is 0 Å². The van der Waals surface area contributed by atoms with E-state index in [-0.39, 0.29) is 5.56 Å². The number of anilines is 1. The highest BCUT2D eigenvalue weighted by Gasteiger charge is 2.22. The van der Waals surface area contributed by atoms with Crippen LogP contribution in [0, 0.1) is 31.3 Å². The van der Waals surface area contributed by atoms with Crippen molar-refractivity contribution in [1.82, 2.24) is 4.57 Å². The van der Waals surface area contributed by atoms with Gasteiger partial charge in [-0.15, -0.1) is 0 Å². The van der Waals surface area contributed by atoms with Gasteiger partial charge < -0.3 is 14.6 Å². The normalized spacial score (nSPS) is 11.8. The molecular weight excluding hydrogens is 397 g/mol. The average molecular weight is 416 g/mol. The third-order valence-electron chi connectivity index (χ3n) is 4.58. The minimum absolute atomic E-state index is 0.222. The Balaban J connectivity index is 1.67. The van der Waals surface area contributed by atoms with Gasteiger partial charge in [-0.05, 0) is 69.3 Å². The highest BCUT2D eigenvalue weighted by molar-refractivity contribution is 5.97. The number of hydrogen-bond acceptors (Lipinski definition) is 3. The Kier molecular flexibility index (Phi) is 5.96. The summed E-state index contributed by atoms with van der Waals surface area (Å²) >= 11 is 0. The van der Waals surface area contributed by atoms with Crippen LogP contribution in [0.4, 0.5) is 18.9 Å². The van der Waals surface area contributed by atoms with E-state index < -0.39 is 41.1 Å². The van der Waals surface area contributed by atoms with Gasteiger partial charge in [-0.1, -0.05) is 0 Å². The topological polar surface area (TPSA) is 60.3 Å². The number of benzene rings is 2. The lowest BCUT2D eigenvalue weighted by Gasteiger charge is -2.15. The maximum atomic E-state index is 13.7. The summed E-state index contributed by atoms with van der Waals surface area (Å²) in [4.78, 5) is 24.5. The predicted octanol–water partition coefficient (Wildman–Crippen LogP) is 4.70. The van der Waals surface area contributed by atoms with Crippen LogP contribution >= 0.6 is 0 Å². The highest BCUT2D eigenvalue weighted by atomic mass is 19.2. The van der Waals surface area contributed by atoms with Gasteiger partial charge in [-0.3, -0.25) is 4.79 Å². The van der Waals surface area contributed by atoms with Gasteiger partial charge in [0.2, 0.25) is 0 Å². The molecule has 30 heavy (non-hydrogen) atoms. The van der Waals surface area contributed by atoms with Crippen LogP contribution in [0.5, 0.6) is 0 Å². The van der Waals surface area contributed by atoms with Crippen molar-refractivity contribution >= 4 is 17.6 Å². The molecule has 5 nitrogen and oxygen atoms in total. The van der Waals surface area contributed by atoms with Gasteiger partial charge in [-0.2, -0.15) is 0 Å². The van der Waals surface area contributed by atoms with Crippen molar-refractivity contribution in [2.75, 3.05) is 5.32 Å². The first-order chi connectivity index (χ1) is 14.2. The molecule has 156 valence electrons. The van der Waals surface area contributed by atoms with E-state index in [0.29, 0.717) is 6.07 Å². The maximum absolute atomic E-state index is 13.7. The van der Waals surface area contributed by atoms with Gasteiger partial charge in [0.15, 0.2) is 23.6 Å². The monoisotopic (exact) mass is 416 g/mol. The van der Waals surface area contributed by atoms with E-state index in [1.807, 2.05) is 30.5 Å². The second-order valence-electron chi connectivity index (χ2n) is 6.76. The largest absolute Gasteiger partial charge is 0.449 e. The molecule has 3 rings (SSSR count). The molecule has 3 aromatic rings. The molecule has 0 aliphatic carbocycles. The lowest BCUT2D eigenvalue weighted by Crippen LogP contribution is -2.30. The Morgan fingerprint density at radius 3 is 2.10 bits per heavy atom. The minimum atomic E-state index is -1.70. The van der Waals surface area contributed by atoms with Crippen LogP contribution in [0.25, 0.3) is 5.69 Å². The molecule has 8 heteroatoms. The number of ether oxygens (including phenoxy) is 1. The fourth-order valence-corrected chi connectivity index (χ4v) is 2.96. The highest BCUT2D eigenvalue weighted by Crippen LogP contribution is 2.20. The average Bonchev–Trinajstić information content (AvgIpc) is 3.06. The summed E-state index contributed by atoms with van der Waals surface area (Å²) in [5.41, 5.74) is 2.62. The number of nitrogens with one attached hydrogen (secondary N) is 1. The molecule has 0 aliphatic heterocycles. The summed E-state index contributed by atoms with van der Waals surface area (Å²) in [5.74, 6) is -6.25. The van der Waals surface area contributed by atoms with Crippen molar-refractivity contribution in [1.29, 1.82) is 0 Å². The van der Waals surface area contributed by atoms with Gasteiger partial charge in [0, 0.05) is 17.1 Å². The standard InChI is InChI=1S/C22H19F3N2O3/c1-12-4-5-13(2)27(12)16-8-6-15(7-9-16)22(29)30-14(3)21(28)26-18-11-10-17(23)19(24)20(18)25/h4-11,14H,1-3H3,(H,26,28)/t14-/m0/s1. The molecule has 0 unspecified atom stereocenters. The van der Waals surface area contributed by atoms with E-state index in [4.69, 9.17) is 4.74 Å². The molecule has 0 fully saturated rings. The van der Waals surface area contributed by atoms with Crippen LogP contribution in [0.1, 0.15) is 28.7 Å². The van der Waals surface area contributed by atoms with Crippen LogP contribution in [0.3, 0.4) is 0 Å². The molecule has 0 aliphatic rings. The number of halogens is 3. The number of rotatable bonds is 5. The quantitative estimate of drug-likeness (QED) is 0.485. The third kappa shape index (κ3) is 4.22. The summed E-state index contributed by atoms with van der Waals surface area (Å²) in [6.07, 6.45) is -1.29. The van der Waals surface area contributed by atoms with Crippen LogP contribution in [0.15, 0.2) is 48.5 Å². The summed E-state index contributed by atoms with van der Waals surface area (Å²) in [7, 11) is 0. The van der Waals surface area contributed by atoms with E-state index in [2.05, 4.69) is 5.32 Å². The molecule has 1 aromatic heterocycles. The molecule has 2 aromatic carbocycles. The van der Waals surface area contributed by atoms with Gasteiger partial charge in [0.25, 0.3) is 5.91 Å². The Hall–Kier alpha value is -3.55. The first-order valence-corrected chi connectivity index (χ1v) is 9.09. The molecule has 0 saturated carbocycles. The Morgan fingerprint density at radius 2 is 1.50 bits per heavy atom. The van der Waals surface area contributed by atoms with E-state index in [1.54, 1.807) is 24.3 Å². The number of amides is 1. The summed E-state index contributed by atoms with van der Waals surface area (Å²) in [5, 5.41) is 2.07. The number of carbonyl (C=O) groups is 2. The predicted molar refractivity (Wildman–Crippen MR) is 105 cm³/mol. The number of esters is 1. The molecule has 1 heterocycles. The van der Waals surface area contributed by atoms with Gasteiger partial charge >= 0.3 is 5.97 Å². The van der Waals surface area contributed by atoms with Gasteiger partial charge in [-0.25, -0.2) is 18.0 Å². The number of aryl methyl sites for hydroxylation is 2. The molecule has 0 radical (unpaired) electrons. The summed E-state index contributed by atoms with van der Waals surface area (Å²) < 4.78 is 47.0. The van der Waals surface area contributed by atoms with Gasteiger partial charge in [0.1, 0.15) is 0 Å². The Morgan fingerprint density at radius 1 is 0.900 bits per heavy atom. The van der Waals surface area contributed by atoms with Crippen molar-refractivity contribution < 1.29 is 27.5 Å². The van der Waals surface area contributed by atoms with Crippen molar-refractivity contribution in [3.63, 3.8) is 0 Å². The van der Waals surface area contributed by atoms with E-state index in [0.717, 1.165) is 23.1 Å². The molecule has 1 atom stereocenters. The summed E-state index contributed by atoms with van der Waals surface area (Å²) in [6, 6.07) is 12.1. The zero-order chi connectivity index (χ0) is 22.0. The van der Waals surface area contributed by atoms with Crippen molar-refractivity contribution in [2.45, 2.75) is 26.9 Å². The minimum Gasteiger partial charge on any atom is -0.449 e. The molecule has 0 bridgehead atoms. The van der Waals surface area contributed by atoms with Crippen LogP contribution < -0.4 is 5.32 Å². The van der Waals surface area contributed by atoms with Gasteiger partial charge in [0.05, 0.1) is 11.3 Å². The SMILES string of the molecule is Cc1ccc(C)n1-c1ccc(C(=O)O[C@@H](C)C(=O)Nc2ccc(F)c(F)c2F)cc1. The number of carbonyl (C=O) groups excluding carboxylic acids is 2. The third-order valence-corrected chi connectivity index (χ3v) is 4.58. The van der Waals surface area contributed by atoms with Crippen LogP contribution in [-0.4, -0.2) is 22.5 Å². The van der Waals surface area contributed by atoms with Crippen LogP contribution in [-0.2, 0) is 9.53 Å². The van der Waals surface area contributed by atoms with Crippen molar-refractivity contribution in [2.24, 2.45) is 0 Å². The molecule has 1 amide bonds. The molecular formula is C22H19F3N2O3. The molecule has 1 N–H and O–H groups in total. The molecule has 0 spiro atoms. The molecule has 0 saturated heterocycles. The lowest BCUT2D eigenvalue weighted by atomic mass is 10.2. The number of aromatic nitrogens is 1. The second-order valence-corrected chi connectivity index (χ2v) is 6.76. The second kappa shape index (κ2) is 8.44. The van der Waals surface area contributed by atoms with Crippen molar-refractivity contribution in [3.05, 3.63) is 82.9 Å². The zero-order valence-electron chi connectivity index (χ0n) is 16.5. The number of hydrogen-bond donors (Lipinski definition) is 1. The first kappa shape index (κ1) is 21.2. The summed E-state index contributed by atoms with van der Waals surface area (Å²) in [6.45, 7) is 5.21. The van der Waals surface area contributed by atoms with Crippen LogP contribution in [0.2, 0.25) is 0 Å². The Labute approximate surface area is 171 Å². The van der Waals surface area contributed by atoms with E-state index in [1.165, 1.54) is 6.92 Å². The fourth-order valence-electron chi connectivity index (χ4n) is 2.96. The van der Waals surface area contributed by atoms with E-state index in [9.17, 15) is 22.8 Å². The first-order valence-electron chi connectivity index (χ1n) is 9.09. The lowest BCUT2D eigenvalue weighted by molar-refractivity contribution is -0.123. The number of nitrogens with zero attached hydrogens (tertiary/aromatic N) is 1. The van der Waals surface area contributed by atoms with Crippen molar-refractivity contribution in [3.8, 4) is 5.69 Å². The maximum Gasteiger partial charge on any atom is 0.338 e. The smallest absolute Gasteiger partial charge is 0.338 e. The Bertz CT molecular complexity index is 1090. The zero-order valence-corrected chi connectivity index (χ0v) is 16.5. The fraction of sp³-hybridized carbons (Fsp3) is 0.182.